The lowest BCUT2D eigenvalue weighted by Gasteiger charge is -1.98. The molecule has 0 atom stereocenters. The van der Waals surface area contributed by atoms with E-state index in [4.69, 9.17) is 4.74 Å². The van der Waals surface area contributed by atoms with Crippen LogP contribution in [-0.4, -0.2) is 13.1 Å². The zero-order chi connectivity index (χ0) is 9.52. The van der Waals surface area contributed by atoms with Gasteiger partial charge in [-0.2, -0.15) is 0 Å². The second-order valence-electron chi connectivity index (χ2n) is 2.27. The number of esters is 1. The van der Waals surface area contributed by atoms with Crippen LogP contribution in [-0.2, 0) is 9.53 Å². The van der Waals surface area contributed by atoms with Gasteiger partial charge in [-0.1, -0.05) is 18.2 Å². The number of carbonyl (C=O) groups is 1. The Morgan fingerprint density at radius 2 is 2.00 bits per heavy atom. The summed E-state index contributed by atoms with van der Waals surface area (Å²) < 4.78 is 9.48. The molecule has 0 amide bonds. The van der Waals surface area contributed by atoms with E-state index >= 15 is 0 Å². The summed E-state index contributed by atoms with van der Waals surface area (Å²) in [7, 11) is 1.46. The maximum absolute atomic E-state index is 11.0. The fourth-order valence-electron chi connectivity index (χ4n) is 0.762. The van der Waals surface area contributed by atoms with Crippen molar-refractivity contribution in [3.63, 3.8) is 0 Å². The Morgan fingerprint density at radius 1 is 1.31 bits per heavy atom. The van der Waals surface area contributed by atoms with Crippen LogP contribution in [0.15, 0.2) is 42.7 Å². The molecule has 0 saturated heterocycles. The summed E-state index contributed by atoms with van der Waals surface area (Å²) in [5, 5.41) is 0. The van der Waals surface area contributed by atoms with Gasteiger partial charge in [0.15, 0.2) is 0 Å². The van der Waals surface area contributed by atoms with Crippen LogP contribution in [0.5, 0.6) is 5.75 Å². The Balaban J connectivity index is 2.50. The highest BCUT2D eigenvalue weighted by Gasteiger charge is 1.97. The number of rotatable bonds is 3. The van der Waals surface area contributed by atoms with E-state index in [9.17, 15) is 4.79 Å². The van der Waals surface area contributed by atoms with E-state index in [0.29, 0.717) is 5.75 Å². The predicted molar refractivity (Wildman–Crippen MR) is 48.2 cm³/mol. The summed E-state index contributed by atoms with van der Waals surface area (Å²) in [6.45, 7) is 0. The molecule has 1 rings (SSSR count). The zero-order valence-electron chi connectivity index (χ0n) is 7.27. The van der Waals surface area contributed by atoms with Crippen LogP contribution in [0.1, 0.15) is 0 Å². The molecular formula is C10H10O3. The minimum Gasteiger partial charge on any atom is -0.504 e. The summed E-state index contributed by atoms with van der Waals surface area (Å²) in [4.78, 5) is 11.0. The average molecular weight is 178 g/mol. The first-order chi connectivity index (χ1) is 6.33. The number of para-hydroxylation sites is 1. The third-order valence-corrected chi connectivity index (χ3v) is 1.30. The lowest BCUT2D eigenvalue weighted by Crippen LogP contribution is -2.03. The topological polar surface area (TPSA) is 35.5 Å². The van der Waals surface area contributed by atoms with Crippen LogP contribution in [0.2, 0.25) is 0 Å². The fraction of sp³-hybridized carbons (Fsp3) is 0.100. The van der Waals surface area contributed by atoms with Gasteiger partial charge in [0.25, 0.3) is 0 Å². The van der Waals surface area contributed by atoms with Gasteiger partial charge in [-0.05, 0) is 12.1 Å². The van der Waals surface area contributed by atoms with E-state index < -0.39 is 5.97 Å². The van der Waals surface area contributed by atoms with Gasteiger partial charge in [0.05, 0.1) is 19.4 Å². The Labute approximate surface area is 76.6 Å². The molecular weight excluding hydrogens is 168 g/mol. The minimum absolute atomic E-state index is 0.451. The summed E-state index contributed by atoms with van der Waals surface area (Å²) in [6.07, 6.45) is 2.48. The maximum atomic E-state index is 11.0. The van der Waals surface area contributed by atoms with Crippen LogP contribution >= 0.6 is 0 Å². The SMILES string of the molecule is CO/C=C/C(=O)Oc1ccccc1. The molecule has 0 heterocycles. The number of benzene rings is 1. The van der Waals surface area contributed by atoms with Crippen molar-refractivity contribution in [2.75, 3.05) is 7.11 Å². The average Bonchev–Trinajstić information content (AvgIpc) is 2.16. The van der Waals surface area contributed by atoms with E-state index in [1.807, 2.05) is 6.07 Å². The molecule has 0 aliphatic carbocycles. The van der Waals surface area contributed by atoms with Gasteiger partial charge in [-0.15, -0.1) is 0 Å². The van der Waals surface area contributed by atoms with Gasteiger partial charge in [-0.25, -0.2) is 4.79 Å². The molecule has 0 radical (unpaired) electrons. The fourth-order valence-corrected chi connectivity index (χ4v) is 0.762. The van der Waals surface area contributed by atoms with Crippen molar-refractivity contribution in [2.45, 2.75) is 0 Å². The molecule has 0 spiro atoms. The Hall–Kier alpha value is -1.77. The first-order valence-corrected chi connectivity index (χ1v) is 3.79. The molecule has 0 fully saturated rings. The molecule has 0 bridgehead atoms. The van der Waals surface area contributed by atoms with Crippen molar-refractivity contribution in [3.8, 4) is 5.75 Å². The number of hydrogen-bond donors (Lipinski definition) is 0. The first-order valence-electron chi connectivity index (χ1n) is 3.79. The lowest BCUT2D eigenvalue weighted by molar-refractivity contribution is -0.129. The van der Waals surface area contributed by atoms with Crippen molar-refractivity contribution in [1.29, 1.82) is 0 Å². The molecule has 68 valence electrons. The molecule has 3 heteroatoms. The first kappa shape index (κ1) is 9.32. The van der Waals surface area contributed by atoms with Crippen LogP contribution in [0.3, 0.4) is 0 Å². The summed E-state index contributed by atoms with van der Waals surface area (Å²) in [6, 6.07) is 8.85. The summed E-state index contributed by atoms with van der Waals surface area (Å²) >= 11 is 0. The van der Waals surface area contributed by atoms with Crippen molar-refractivity contribution >= 4 is 5.97 Å². The smallest absolute Gasteiger partial charge is 0.339 e. The van der Waals surface area contributed by atoms with Crippen LogP contribution in [0.4, 0.5) is 0 Å². The van der Waals surface area contributed by atoms with Gasteiger partial charge in [0.2, 0.25) is 0 Å². The largest absolute Gasteiger partial charge is 0.504 e. The van der Waals surface area contributed by atoms with E-state index in [-0.39, 0.29) is 0 Å². The molecule has 0 aliphatic heterocycles. The second-order valence-corrected chi connectivity index (χ2v) is 2.27. The normalized spacial score (nSPS) is 9.92. The van der Waals surface area contributed by atoms with Crippen molar-refractivity contribution in [1.82, 2.24) is 0 Å². The van der Waals surface area contributed by atoms with E-state index in [0.717, 1.165) is 0 Å². The second kappa shape index (κ2) is 4.98. The van der Waals surface area contributed by atoms with Crippen molar-refractivity contribution in [3.05, 3.63) is 42.7 Å². The Kier molecular flexibility index (Phi) is 3.57. The number of ether oxygens (including phenoxy) is 2. The summed E-state index contributed by atoms with van der Waals surface area (Å²) in [5.74, 6) is 0.0707. The lowest BCUT2D eigenvalue weighted by atomic mass is 10.3. The predicted octanol–water partition coefficient (Wildman–Crippen LogP) is 1.75. The van der Waals surface area contributed by atoms with E-state index in [1.165, 1.54) is 19.4 Å². The standard InChI is InChI=1S/C10H10O3/c1-12-8-7-10(11)13-9-5-3-2-4-6-9/h2-8H,1H3/b8-7+. The minimum atomic E-state index is -0.451. The van der Waals surface area contributed by atoms with Gasteiger partial charge < -0.3 is 9.47 Å². The molecule has 1 aromatic carbocycles. The third kappa shape index (κ3) is 3.42. The Bertz CT molecular complexity index is 290. The quantitative estimate of drug-likeness (QED) is 0.306. The third-order valence-electron chi connectivity index (χ3n) is 1.30. The van der Waals surface area contributed by atoms with E-state index in [1.54, 1.807) is 24.3 Å². The van der Waals surface area contributed by atoms with Crippen LogP contribution < -0.4 is 4.74 Å². The molecule has 0 unspecified atom stereocenters. The van der Waals surface area contributed by atoms with Gasteiger partial charge in [0.1, 0.15) is 5.75 Å². The van der Waals surface area contributed by atoms with Crippen molar-refractivity contribution in [2.24, 2.45) is 0 Å². The molecule has 3 nitrogen and oxygen atoms in total. The number of carbonyl (C=O) groups excluding carboxylic acids is 1. The molecule has 13 heavy (non-hydrogen) atoms. The van der Waals surface area contributed by atoms with Crippen molar-refractivity contribution < 1.29 is 14.3 Å². The molecule has 0 aliphatic rings. The number of hydrogen-bond acceptors (Lipinski definition) is 3. The summed E-state index contributed by atoms with van der Waals surface area (Å²) in [5.41, 5.74) is 0. The number of methoxy groups -OCH3 is 1. The van der Waals surface area contributed by atoms with Crippen LogP contribution in [0, 0.1) is 0 Å². The molecule has 0 N–H and O–H groups in total. The highest BCUT2D eigenvalue weighted by atomic mass is 16.5. The molecule has 1 aromatic rings. The van der Waals surface area contributed by atoms with Gasteiger partial charge >= 0.3 is 5.97 Å². The zero-order valence-corrected chi connectivity index (χ0v) is 7.27. The monoisotopic (exact) mass is 178 g/mol. The highest BCUT2D eigenvalue weighted by molar-refractivity contribution is 5.83. The Morgan fingerprint density at radius 3 is 2.62 bits per heavy atom. The molecule has 0 aromatic heterocycles. The van der Waals surface area contributed by atoms with E-state index in [2.05, 4.69) is 4.74 Å². The van der Waals surface area contributed by atoms with Gasteiger partial charge in [0, 0.05) is 0 Å². The van der Waals surface area contributed by atoms with Crippen LogP contribution in [0.25, 0.3) is 0 Å². The van der Waals surface area contributed by atoms with Gasteiger partial charge in [-0.3, -0.25) is 0 Å². The maximum Gasteiger partial charge on any atom is 0.339 e. The molecule has 0 saturated carbocycles. The highest BCUT2D eigenvalue weighted by Crippen LogP contribution is 2.08.